The van der Waals surface area contributed by atoms with Gasteiger partial charge in [-0.25, -0.2) is 8.42 Å². The molecule has 3 rings (SSSR count). The summed E-state index contributed by atoms with van der Waals surface area (Å²) >= 11 is 3.34. The lowest BCUT2D eigenvalue weighted by atomic mass is 9.97. The van der Waals surface area contributed by atoms with E-state index in [1.807, 2.05) is 25.7 Å². The molecule has 1 aromatic heterocycles. The van der Waals surface area contributed by atoms with E-state index in [4.69, 9.17) is 4.42 Å². The summed E-state index contributed by atoms with van der Waals surface area (Å²) in [4.78, 5) is 6.68. The van der Waals surface area contributed by atoms with E-state index in [0.29, 0.717) is 17.7 Å². The predicted octanol–water partition coefficient (Wildman–Crippen LogP) is 4.80. The standard InChI is InChI=1S/C19H25BrN2O3S/c1-13-9-11-22(12-10-13)17-16(21-18(25-17)19(2,3)4)26(23,24)15-7-5-14(20)6-8-15/h5-8,13H,9-12H2,1-4H3. The molecule has 7 heteroatoms. The minimum Gasteiger partial charge on any atom is -0.423 e. The van der Waals surface area contributed by atoms with Gasteiger partial charge in [0.15, 0.2) is 0 Å². The second kappa shape index (κ2) is 7.00. The second-order valence-corrected chi connectivity index (χ2v) is 10.8. The molecule has 0 N–H and O–H groups in total. The Kier molecular flexibility index (Phi) is 5.23. The molecule has 0 atom stereocenters. The topological polar surface area (TPSA) is 63.4 Å². The quantitative estimate of drug-likeness (QED) is 0.685. The van der Waals surface area contributed by atoms with Crippen LogP contribution in [0.5, 0.6) is 0 Å². The van der Waals surface area contributed by atoms with E-state index in [1.54, 1.807) is 24.3 Å². The summed E-state index contributed by atoms with van der Waals surface area (Å²) in [5, 5.41) is 0.0271. The van der Waals surface area contributed by atoms with Gasteiger partial charge in [0.1, 0.15) is 0 Å². The van der Waals surface area contributed by atoms with Crippen molar-refractivity contribution in [1.82, 2.24) is 4.98 Å². The lowest BCUT2D eigenvalue weighted by molar-refractivity contribution is 0.372. The highest BCUT2D eigenvalue weighted by molar-refractivity contribution is 9.10. The van der Waals surface area contributed by atoms with E-state index in [-0.39, 0.29) is 15.3 Å². The lowest BCUT2D eigenvalue weighted by Gasteiger charge is -2.30. The van der Waals surface area contributed by atoms with Crippen LogP contribution in [0.4, 0.5) is 5.88 Å². The van der Waals surface area contributed by atoms with E-state index in [9.17, 15) is 8.42 Å². The Morgan fingerprint density at radius 3 is 2.27 bits per heavy atom. The number of hydrogen-bond donors (Lipinski definition) is 0. The Hall–Kier alpha value is -1.34. The van der Waals surface area contributed by atoms with E-state index in [1.165, 1.54) is 0 Å². The third-order valence-corrected chi connectivity index (χ3v) is 6.87. The van der Waals surface area contributed by atoms with Gasteiger partial charge in [-0.15, -0.1) is 0 Å². The number of aromatic nitrogens is 1. The first-order valence-corrected chi connectivity index (χ1v) is 11.1. The van der Waals surface area contributed by atoms with Crippen molar-refractivity contribution in [2.75, 3.05) is 18.0 Å². The Balaban J connectivity index is 2.10. The van der Waals surface area contributed by atoms with Gasteiger partial charge in [-0.2, -0.15) is 4.98 Å². The molecule has 1 aliphatic rings. The van der Waals surface area contributed by atoms with Crippen molar-refractivity contribution < 1.29 is 12.8 Å². The fraction of sp³-hybridized carbons (Fsp3) is 0.526. The van der Waals surface area contributed by atoms with Crippen molar-refractivity contribution in [3.63, 3.8) is 0 Å². The van der Waals surface area contributed by atoms with Crippen LogP contribution in [0, 0.1) is 5.92 Å². The van der Waals surface area contributed by atoms with Gasteiger partial charge in [0.05, 0.1) is 4.90 Å². The summed E-state index contributed by atoms with van der Waals surface area (Å²) in [5.41, 5.74) is -0.370. The van der Waals surface area contributed by atoms with Crippen LogP contribution in [0.2, 0.25) is 0 Å². The molecule has 1 aromatic carbocycles. The maximum Gasteiger partial charge on any atom is 0.236 e. The molecule has 2 aromatic rings. The summed E-state index contributed by atoms with van der Waals surface area (Å²) in [6.45, 7) is 9.69. The smallest absolute Gasteiger partial charge is 0.236 e. The molecule has 0 saturated carbocycles. The molecule has 0 bridgehead atoms. The average Bonchev–Trinajstić information content (AvgIpc) is 3.02. The fourth-order valence-electron chi connectivity index (χ4n) is 2.93. The van der Waals surface area contributed by atoms with Crippen molar-refractivity contribution in [1.29, 1.82) is 0 Å². The first kappa shape index (κ1) is 19.4. The Labute approximate surface area is 163 Å². The molecule has 0 spiro atoms. The maximum absolute atomic E-state index is 13.2. The Bertz CT molecular complexity index is 874. The Morgan fingerprint density at radius 1 is 1.15 bits per heavy atom. The van der Waals surface area contributed by atoms with Gasteiger partial charge in [0.25, 0.3) is 0 Å². The van der Waals surface area contributed by atoms with Gasteiger partial charge in [-0.3, -0.25) is 0 Å². The monoisotopic (exact) mass is 440 g/mol. The first-order chi connectivity index (χ1) is 12.1. The molecule has 0 radical (unpaired) electrons. The summed E-state index contributed by atoms with van der Waals surface area (Å²) in [7, 11) is -3.76. The predicted molar refractivity (Wildman–Crippen MR) is 105 cm³/mol. The molecule has 1 aliphatic heterocycles. The largest absolute Gasteiger partial charge is 0.423 e. The molecule has 5 nitrogen and oxygen atoms in total. The van der Waals surface area contributed by atoms with Crippen LogP contribution in [0.3, 0.4) is 0 Å². The molecule has 0 aliphatic carbocycles. The van der Waals surface area contributed by atoms with E-state index in [2.05, 4.69) is 27.8 Å². The number of hydrogen-bond acceptors (Lipinski definition) is 5. The maximum atomic E-state index is 13.2. The van der Waals surface area contributed by atoms with Gasteiger partial charge >= 0.3 is 0 Å². The van der Waals surface area contributed by atoms with Gasteiger partial charge in [0, 0.05) is 23.0 Å². The average molecular weight is 441 g/mol. The highest BCUT2D eigenvalue weighted by Crippen LogP contribution is 2.36. The Morgan fingerprint density at radius 2 is 1.73 bits per heavy atom. The first-order valence-electron chi connectivity index (χ1n) is 8.86. The molecule has 1 fully saturated rings. The minimum atomic E-state index is -3.76. The van der Waals surface area contributed by atoms with Gasteiger partial charge < -0.3 is 9.32 Å². The SMILES string of the molecule is CC1CCN(c2oc(C(C)(C)C)nc2S(=O)(=O)c2ccc(Br)cc2)CC1. The fourth-order valence-corrected chi connectivity index (χ4v) is 4.52. The van der Waals surface area contributed by atoms with Crippen LogP contribution < -0.4 is 4.90 Å². The zero-order valence-electron chi connectivity index (χ0n) is 15.6. The van der Waals surface area contributed by atoms with Crippen molar-refractivity contribution >= 4 is 31.7 Å². The van der Waals surface area contributed by atoms with Crippen LogP contribution in [0.1, 0.15) is 46.4 Å². The van der Waals surface area contributed by atoms with Gasteiger partial charge in [-0.1, -0.05) is 43.6 Å². The number of halogens is 1. The van der Waals surface area contributed by atoms with Gasteiger partial charge in [0.2, 0.25) is 26.6 Å². The number of sulfone groups is 1. The van der Waals surface area contributed by atoms with Crippen LogP contribution in [0.15, 0.2) is 43.1 Å². The van der Waals surface area contributed by atoms with E-state index < -0.39 is 9.84 Å². The molecular formula is C19H25BrN2O3S. The van der Waals surface area contributed by atoms with E-state index in [0.717, 1.165) is 30.4 Å². The summed E-state index contributed by atoms with van der Waals surface area (Å²) in [6.07, 6.45) is 2.03. The van der Waals surface area contributed by atoms with Crippen LogP contribution in [-0.2, 0) is 15.3 Å². The zero-order valence-corrected chi connectivity index (χ0v) is 18.0. The van der Waals surface area contributed by atoms with Crippen molar-refractivity contribution in [2.24, 2.45) is 5.92 Å². The van der Waals surface area contributed by atoms with Crippen molar-refractivity contribution in [3.8, 4) is 0 Å². The highest BCUT2D eigenvalue weighted by atomic mass is 79.9. The third kappa shape index (κ3) is 3.83. The molecule has 1 saturated heterocycles. The molecule has 0 amide bonds. The molecule has 142 valence electrons. The van der Waals surface area contributed by atoms with Gasteiger partial charge in [-0.05, 0) is 43.0 Å². The number of nitrogens with zero attached hydrogens (tertiary/aromatic N) is 2. The molecule has 2 heterocycles. The minimum absolute atomic E-state index is 0.0271. The summed E-state index contributed by atoms with van der Waals surface area (Å²) in [6, 6.07) is 6.62. The normalized spacial score (nSPS) is 16.9. The van der Waals surface area contributed by atoms with Crippen molar-refractivity contribution in [3.05, 3.63) is 34.6 Å². The highest BCUT2D eigenvalue weighted by Gasteiger charge is 2.34. The van der Waals surface area contributed by atoms with Crippen LogP contribution in [0.25, 0.3) is 0 Å². The molecule has 0 unspecified atom stereocenters. The molecular weight excluding hydrogens is 416 g/mol. The van der Waals surface area contributed by atoms with Crippen molar-refractivity contribution in [2.45, 2.75) is 55.9 Å². The van der Waals surface area contributed by atoms with Crippen LogP contribution in [-0.4, -0.2) is 26.5 Å². The third-order valence-electron chi connectivity index (χ3n) is 4.67. The summed E-state index contributed by atoms with van der Waals surface area (Å²) < 4.78 is 33.3. The number of anilines is 1. The van der Waals surface area contributed by atoms with E-state index >= 15 is 0 Å². The number of oxazole rings is 1. The summed E-state index contributed by atoms with van der Waals surface area (Å²) in [5.74, 6) is 1.47. The number of rotatable bonds is 3. The number of benzene rings is 1. The lowest BCUT2D eigenvalue weighted by Crippen LogP contribution is -2.33. The zero-order chi connectivity index (χ0) is 19.1. The number of piperidine rings is 1. The molecule has 26 heavy (non-hydrogen) atoms. The van der Waals surface area contributed by atoms with Crippen LogP contribution >= 0.6 is 15.9 Å². The second-order valence-electron chi connectivity index (χ2n) is 8.01.